The highest BCUT2D eigenvalue weighted by Gasteiger charge is 2.04. The Hall–Kier alpha value is -2.07. The molecule has 7 heteroatoms. The van der Waals surface area contributed by atoms with Crippen molar-refractivity contribution in [3.8, 4) is 12.3 Å². The van der Waals surface area contributed by atoms with Crippen LogP contribution in [0.25, 0.3) is 0 Å². The minimum absolute atomic E-state index is 0.151. The zero-order chi connectivity index (χ0) is 13.1. The lowest BCUT2D eigenvalue weighted by molar-refractivity contribution is -0.159. The summed E-state index contributed by atoms with van der Waals surface area (Å²) in [5, 5.41) is 23.0. The van der Waals surface area contributed by atoms with Gasteiger partial charge in [0, 0.05) is 6.54 Å². The predicted molar refractivity (Wildman–Crippen MR) is 53.9 cm³/mol. The maximum atomic E-state index is 10.0. The summed E-state index contributed by atoms with van der Waals surface area (Å²) in [7, 11) is 1.79. The second-order valence-corrected chi connectivity index (χ2v) is 2.70. The highest BCUT2D eigenvalue weighted by atomic mass is 16.4. The first kappa shape index (κ1) is 16.4. The van der Waals surface area contributed by atoms with Crippen molar-refractivity contribution in [3.63, 3.8) is 0 Å². The lowest BCUT2D eigenvalue weighted by Crippen LogP contribution is -2.21. The zero-order valence-electron chi connectivity index (χ0n) is 8.71. The number of terminal acetylenes is 1. The van der Waals surface area contributed by atoms with Crippen molar-refractivity contribution in [1.82, 2.24) is 4.90 Å². The average molecular weight is 231 g/mol. The summed E-state index contributed by atoms with van der Waals surface area (Å²) < 4.78 is 0. The van der Waals surface area contributed by atoms with Gasteiger partial charge in [0.25, 0.3) is 0 Å². The van der Waals surface area contributed by atoms with E-state index >= 15 is 0 Å². The van der Waals surface area contributed by atoms with E-state index in [1.54, 1.807) is 11.9 Å². The topological polar surface area (TPSA) is 115 Å². The minimum atomic E-state index is -1.82. The van der Waals surface area contributed by atoms with E-state index in [1.807, 2.05) is 0 Å². The van der Waals surface area contributed by atoms with Crippen LogP contribution in [0.2, 0.25) is 0 Å². The van der Waals surface area contributed by atoms with Crippen LogP contribution in [-0.4, -0.2) is 58.3 Å². The van der Waals surface area contributed by atoms with Gasteiger partial charge >= 0.3 is 17.9 Å². The van der Waals surface area contributed by atoms with Crippen LogP contribution in [0.1, 0.15) is 6.42 Å². The van der Waals surface area contributed by atoms with Crippen LogP contribution in [-0.2, 0) is 14.4 Å². The number of hydrogen-bond acceptors (Lipinski definition) is 4. The summed E-state index contributed by atoms with van der Waals surface area (Å²) in [5.74, 6) is -2.01. The molecule has 0 aromatic carbocycles. The molecule has 0 heterocycles. The normalized spacial score (nSPS) is 8.56. The third-order valence-corrected chi connectivity index (χ3v) is 1.25. The van der Waals surface area contributed by atoms with Gasteiger partial charge in [-0.3, -0.25) is 9.69 Å². The highest BCUT2D eigenvalue weighted by Crippen LogP contribution is 1.85. The molecule has 3 N–H and O–H groups in total. The van der Waals surface area contributed by atoms with Gasteiger partial charge < -0.3 is 15.3 Å². The molecular weight excluding hydrogens is 218 g/mol. The Balaban J connectivity index is 0. The Morgan fingerprint density at radius 2 is 1.62 bits per heavy atom. The molecular formula is C9H13NO6. The summed E-state index contributed by atoms with van der Waals surface area (Å²) in [6.45, 7) is 1.02. The van der Waals surface area contributed by atoms with E-state index in [1.165, 1.54) is 0 Å². The zero-order valence-corrected chi connectivity index (χ0v) is 8.71. The Morgan fingerprint density at radius 1 is 1.19 bits per heavy atom. The van der Waals surface area contributed by atoms with E-state index < -0.39 is 17.9 Å². The van der Waals surface area contributed by atoms with E-state index in [-0.39, 0.29) is 6.42 Å². The molecule has 7 nitrogen and oxygen atoms in total. The maximum absolute atomic E-state index is 10.0. The molecule has 0 amide bonds. The van der Waals surface area contributed by atoms with Gasteiger partial charge in [-0.1, -0.05) is 5.92 Å². The Labute approximate surface area is 92.3 Å². The number of carboxylic acid groups (broad SMARTS) is 3. The summed E-state index contributed by atoms with van der Waals surface area (Å²) >= 11 is 0. The van der Waals surface area contributed by atoms with Gasteiger partial charge in [-0.25, -0.2) is 9.59 Å². The number of hydrogen-bond donors (Lipinski definition) is 3. The number of carboxylic acids is 3. The molecule has 0 rings (SSSR count). The molecule has 90 valence electrons. The average Bonchev–Trinajstić information content (AvgIpc) is 2.16. The summed E-state index contributed by atoms with van der Waals surface area (Å²) in [6.07, 6.45) is 5.15. The molecule has 0 atom stereocenters. The first-order valence-corrected chi connectivity index (χ1v) is 4.11. The quantitative estimate of drug-likeness (QED) is 0.427. The number of carbonyl (C=O) groups is 3. The molecule has 0 spiro atoms. The van der Waals surface area contributed by atoms with Crippen LogP contribution in [0, 0.1) is 12.3 Å². The summed E-state index contributed by atoms with van der Waals surface area (Å²) in [5.41, 5.74) is 0. The van der Waals surface area contributed by atoms with Crippen LogP contribution in [0.3, 0.4) is 0 Å². The summed E-state index contributed by atoms with van der Waals surface area (Å²) in [4.78, 5) is 30.0. The fourth-order valence-electron chi connectivity index (χ4n) is 0.521. The lowest BCUT2D eigenvalue weighted by atomic mass is 10.4. The van der Waals surface area contributed by atoms with Crippen LogP contribution >= 0.6 is 0 Å². The van der Waals surface area contributed by atoms with Crippen LogP contribution in [0.4, 0.5) is 0 Å². The van der Waals surface area contributed by atoms with Gasteiger partial charge in [-0.05, 0) is 7.05 Å². The fourth-order valence-corrected chi connectivity index (χ4v) is 0.521. The van der Waals surface area contributed by atoms with Gasteiger partial charge in [0.15, 0.2) is 0 Å². The highest BCUT2D eigenvalue weighted by molar-refractivity contribution is 6.27. The third-order valence-electron chi connectivity index (χ3n) is 1.25. The van der Waals surface area contributed by atoms with Crippen molar-refractivity contribution in [2.75, 3.05) is 20.1 Å². The lowest BCUT2D eigenvalue weighted by Gasteiger charge is -2.09. The summed E-state index contributed by atoms with van der Waals surface area (Å²) in [6, 6.07) is 0. The van der Waals surface area contributed by atoms with Crippen LogP contribution < -0.4 is 0 Å². The molecule has 0 aliphatic carbocycles. The van der Waals surface area contributed by atoms with Crippen molar-refractivity contribution in [3.05, 3.63) is 0 Å². The van der Waals surface area contributed by atoms with Crippen LogP contribution in [0.15, 0.2) is 0 Å². The standard InChI is InChI=1S/C7H11NO2.C2H2O4/c1-3-5-8(2)6-4-7(9)10;3-1(4)2(5)6/h1H,4-6H2,2H3,(H,9,10);(H,3,4)(H,5,6). The number of nitrogens with zero attached hydrogens (tertiary/aromatic N) is 1. The van der Waals surface area contributed by atoms with Gasteiger partial charge in [0.2, 0.25) is 0 Å². The van der Waals surface area contributed by atoms with E-state index in [0.29, 0.717) is 13.1 Å². The number of rotatable bonds is 4. The smallest absolute Gasteiger partial charge is 0.414 e. The monoisotopic (exact) mass is 231 g/mol. The van der Waals surface area contributed by atoms with E-state index in [0.717, 1.165) is 0 Å². The molecule has 0 aliphatic heterocycles. The van der Waals surface area contributed by atoms with Crippen molar-refractivity contribution >= 4 is 17.9 Å². The SMILES string of the molecule is C#CCN(C)CCC(=O)O.O=C(O)C(=O)O. The van der Waals surface area contributed by atoms with Crippen molar-refractivity contribution < 1.29 is 29.7 Å². The molecule has 0 unspecified atom stereocenters. The van der Waals surface area contributed by atoms with Crippen molar-refractivity contribution in [2.45, 2.75) is 6.42 Å². The van der Waals surface area contributed by atoms with E-state index in [4.69, 9.17) is 31.3 Å². The molecule has 0 aromatic heterocycles. The maximum Gasteiger partial charge on any atom is 0.414 e. The minimum Gasteiger partial charge on any atom is -0.481 e. The molecule has 0 aromatic rings. The van der Waals surface area contributed by atoms with Gasteiger partial charge in [-0.2, -0.15) is 0 Å². The largest absolute Gasteiger partial charge is 0.481 e. The Bertz CT molecular complexity index is 281. The Morgan fingerprint density at radius 3 is 1.88 bits per heavy atom. The molecule has 0 fully saturated rings. The second-order valence-electron chi connectivity index (χ2n) is 2.70. The first-order chi connectivity index (χ1) is 7.31. The van der Waals surface area contributed by atoms with Gasteiger partial charge in [0.05, 0.1) is 13.0 Å². The number of aliphatic carboxylic acids is 3. The molecule has 0 saturated heterocycles. The molecule has 0 aliphatic rings. The van der Waals surface area contributed by atoms with Gasteiger partial charge in [0.1, 0.15) is 0 Å². The molecule has 16 heavy (non-hydrogen) atoms. The fraction of sp³-hybridized carbons (Fsp3) is 0.444. The molecule has 0 radical (unpaired) electrons. The van der Waals surface area contributed by atoms with Crippen molar-refractivity contribution in [1.29, 1.82) is 0 Å². The van der Waals surface area contributed by atoms with E-state index in [2.05, 4.69) is 5.92 Å². The van der Waals surface area contributed by atoms with E-state index in [9.17, 15) is 4.79 Å². The molecule has 0 saturated carbocycles. The van der Waals surface area contributed by atoms with Crippen molar-refractivity contribution in [2.24, 2.45) is 0 Å². The first-order valence-electron chi connectivity index (χ1n) is 4.11. The second kappa shape index (κ2) is 9.48. The van der Waals surface area contributed by atoms with Gasteiger partial charge in [-0.15, -0.1) is 6.42 Å². The predicted octanol–water partition coefficient (Wildman–Crippen LogP) is -0.818. The Kier molecular flexibility index (Phi) is 9.70. The molecule has 0 bridgehead atoms. The van der Waals surface area contributed by atoms with Crippen LogP contribution in [0.5, 0.6) is 0 Å². The third kappa shape index (κ3) is 14.5.